The fourth-order valence-electron chi connectivity index (χ4n) is 2.44. The first-order chi connectivity index (χ1) is 8.99. The topological polar surface area (TPSA) is 29.5 Å². The number of hydrogen-bond acceptors (Lipinski definition) is 3. The molecule has 0 aliphatic carbocycles. The molecule has 0 radical (unpaired) electrons. The number of hydrogen-bond donors (Lipinski definition) is 0. The lowest BCUT2D eigenvalue weighted by atomic mass is 10.1. The molecule has 1 aliphatic rings. The molecule has 3 nitrogen and oxygen atoms in total. The molecule has 1 aromatic rings. The maximum absolute atomic E-state index is 13.5. The van der Waals surface area contributed by atoms with E-state index in [1.807, 2.05) is 11.8 Å². The Morgan fingerprint density at radius 1 is 1.47 bits per heavy atom. The second-order valence-electron chi connectivity index (χ2n) is 4.89. The van der Waals surface area contributed by atoms with E-state index in [-0.39, 0.29) is 24.3 Å². The summed E-state index contributed by atoms with van der Waals surface area (Å²) in [6, 6.07) is 3.06. The van der Waals surface area contributed by atoms with Crippen molar-refractivity contribution < 1.29 is 18.3 Å². The minimum atomic E-state index is -0.685. The molecule has 1 fully saturated rings. The van der Waals surface area contributed by atoms with Crippen LogP contribution in [-0.2, 0) is 4.74 Å². The van der Waals surface area contributed by atoms with Crippen molar-refractivity contribution in [3.8, 4) is 0 Å². The van der Waals surface area contributed by atoms with Crippen molar-refractivity contribution in [3.05, 3.63) is 35.4 Å². The highest BCUT2D eigenvalue weighted by molar-refractivity contribution is 5.97. The van der Waals surface area contributed by atoms with Crippen molar-refractivity contribution in [2.24, 2.45) is 0 Å². The molecule has 1 saturated heterocycles. The third-order valence-corrected chi connectivity index (χ3v) is 3.52. The molecule has 1 aromatic carbocycles. The van der Waals surface area contributed by atoms with E-state index in [0.717, 1.165) is 24.6 Å². The molecule has 2 atom stereocenters. The second kappa shape index (κ2) is 5.75. The zero-order chi connectivity index (χ0) is 14.0. The predicted molar refractivity (Wildman–Crippen MR) is 67.1 cm³/mol. The summed E-state index contributed by atoms with van der Waals surface area (Å²) in [6.45, 7) is 2.67. The summed E-state index contributed by atoms with van der Waals surface area (Å²) >= 11 is 0. The van der Waals surface area contributed by atoms with Crippen LogP contribution in [0.4, 0.5) is 8.78 Å². The number of likely N-dealkylation sites (N-methyl/N-ethyl adjacent to an activating group) is 1. The van der Waals surface area contributed by atoms with Gasteiger partial charge in [0.2, 0.25) is 0 Å². The fraction of sp³-hybridized carbons (Fsp3) is 0.500. The Kier molecular flexibility index (Phi) is 4.27. The molecule has 2 unspecified atom stereocenters. The van der Waals surface area contributed by atoms with E-state index in [2.05, 4.69) is 0 Å². The Balaban J connectivity index is 2.06. The van der Waals surface area contributed by atoms with Gasteiger partial charge in [0.05, 0.1) is 18.2 Å². The Hall–Kier alpha value is -1.33. The van der Waals surface area contributed by atoms with Crippen LogP contribution in [0.25, 0.3) is 0 Å². The maximum atomic E-state index is 13.5. The van der Waals surface area contributed by atoms with E-state index in [0.29, 0.717) is 6.61 Å². The number of ketones is 1. The van der Waals surface area contributed by atoms with Gasteiger partial charge in [-0.3, -0.25) is 9.69 Å². The second-order valence-corrected chi connectivity index (χ2v) is 4.89. The zero-order valence-electron chi connectivity index (χ0n) is 11.0. The van der Waals surface area contributed by atoms with Gasteiger partial charge in [0.25, 0.3) is 0 Å². The number of Topliss-reactive ketones (excluding diaryl/α,β-unsaturated/α-hetero) is 1. The van der Waals surface area contributed by atoms with Crippen LogP contribution < -0.4 is 0 Å². The highest BCUT2D eigenvalue weighted by Gasteiger charge is 2.29. The summed E-state index contributed by atoms with van der Waals surface area (Å²) in [5.41, 5.74) is -0.196. The number of ether oxygens (including phenoxy) is 1. The van der Waals surface area contributed by atoms with Crippen LogP contribution in [0.15, 0.2) is 18.2 Å². The minimum absolute atomic E-state index is 0.0511. The van der Waals surface area contributed by atoms with Gasteiger partial charge in [-0.05, 0) is 38.6 Å². The first kappa shape index (κ1) is 14.1. The van der Waals surface area contributed by atoms with Crippen LogP contribution in [0.1, 0.15) is 23.7 Å². The van der Waals surface area contributed by atoms with E-state index in [9.17, 15) is 13.6 Å². The molecule has 0 bridgehead atoms. The van der Waals surface area contributed by atoms with Crippen LogP contribution in [-0.4, -0.2) is 43.0 Å². The van der Waals surface area contributed by atoms with Crippen molar-refractivity contribution in [1.82, 2.24) is 4.90 Å². The molecule has 2 rings (SSSR count). The maximum Gasteiger partial charge on any atom is 0.179 e. The van der Waals surface area contributed by atoms with Gasteiger partial charge >= 0.3 is 0 Å². The number of halogens is 2. The molecule has 0 aromatic heterocycles. The summed E-state index contributed by atoms with van der Waals surface area (Å²) in [5, 5.41) is 0. The highest BCUT2D eigenvalue weighted by Crippen LogP contribution is 2.19. The van der Waals surface area contributed by atoms with Crippen LogP contribution in [0.3, 0.4) is 0 Å². The van der Waals surface area contributed by atoms with Gasteiger partial charge in [0.15, 0.2) is 5.78 Å². The highest BCUT2D eigenvalue weighted by atomic mass is 19.1. The summed E-state index contributed by atoms with van der Waals surface area (Å²) < 4.78 is 32.0. The molecule has 5 heteroatoms. The van der Waals surface area contributed by atoms with E-state index in [1.165, 1.54) is 0 Å². The molecule has 0 N–H and O–H groups in total. The molecule has 1 heterocycles. The van der Waals surface area contributed by atoms with Gasteiger partial charge in [0.1, 0.15) is 11.6 Å². The van der Waals surface area contributed by atoms with Gasteiger partial charge in [-0.25, -0.2) is 8.78 Å². The molecule has 1 aliphatic heterocycles. The fourth-order valence-corrected chi connectivity index (χ4v) is 2.44. The molecular weight excluding hydrogens is 252 g/mol. The van der Waals surface area contributed by atoms with E-state index in [4.69, 9.17) is 4.74 Å². The van der Waals surface area contributed by atoms with Gasteiger partial charge in [0, 0.05) is 12.6 Å². The van der Waals surface area contributed by atoms with Crippen LogP contribution in [0.5, 0.6) is 0 Å². The summed E-state index contributed by atoms with van der Waals surface area (Å²) in [6.07, 6.45) is 0.895. The molecule has 0 saturated carbocycles. The van der Waals surface area contributed by atoms with Crippen molar-refractivity contribution in [1.29, 1.82) is 0 Å². The molecule has 0 amide bonds. The molecule has 104 valence electrons. The Bertz CT molecular complexity index is 479. The van der Waals surface area contributed by atoms with Crippen LogP contribution >= 0.6 is 0 Å². The number of carbonyl (C=O) groups is 1. The zero-order valence-corrected chi connectivity index (χ0v) is 11.0. The monoisotopic (exact) mass is 269 g/mol. The third-order valence-electron chi connectivity index (χ3n) is 3.52. The number of rotatable bonds is 4. The lowest BCUT2D eigenvalue weighted by Gasteiger charge is -2.25. The van der Waals surface area contributed by atoms with Crippen molar-refractivity contribution >= 4 is 5.78 Å². The normalized spacial score (nSPS) is 23.0. The lowest BCUT2D eigenvalue weighted by molar-refractivity contribution is 0.0743. The average Bonchev–Trinajstić information content (AvgIpc) is 2.78. The molecule has 0 spiro atoms. The molecule has 19 heavy (non-hydrogen) atoms. The van der Waals surface area contributed by atoms with Crippen LogP contribution in [0, 0.1) is 11.6 Å². The molecular formula is C14H17F2NO2. The van der Waals surface area contributed by atoms with Crippen molar-refractivity contribution in [2.45, 2.75) is 25.5 Å². The van der Waals surface area contributed by atoms with Gasteiger partial charge in [-0.1, -0.05) is 0 Å². The first-order valence-corrected chi connectivity index (χ1v) is 6.29. The van der Waals surface area contributed by atoms with Crippen molar-refractivity contribution in [3.63, 3.8) is 0 Å². The Morgan fingerprint density at radius 2 is 2.21 bits per heavy atom. The van der Waals surface area contributed by atoms with E-state index >= 15 is 0 Å². The van der Waals surface area contributed by atoms with Gasteiger partial charge in [-0.2, -0.15) is 0 Å². The predicted octanol–water partition coefficient (Wildman–Crippen LogP) is 2.26. The van der Waals surface area contributed by atoms with Crippen molar-refractivity contribution in [2.75, 3.05) is 20.2 Å². The van der Waals surface area contributed by atoms with E-state index in [1.54, 1.807) is 7.05 Å². The quantitative estimate of drug-likeness (QED) is 0.785. The standard InChI is InChI=1S/C14H17F2NO2/c1-9-13(5-6-19-9)17(2)8-14(18)11-7-10(15)3-4-12(11)16/h3-4,7,9,13H,5-6,8H2,1-2H3. The Labute approximate surface area is 111 Å². The SMILES string of the molecule is CC1OCCC1N(C)CC(=O)c1cc(F)ccc1F. The summed E-state index contributed by atoms with van der Waals surface area (Å²) in [4.78, 5) is 13.8. The number of benzene rings is 1. The first-order valence-electron chi connectivity index (χ1n) is 6.29. The number of nitrogens with zero attached hydrogens (tertiary/aromatic N) is 1. The van der Waals surface area contributed by atoms with E-state index < -0.39 is 17.4 Å². The smallest absolute Gasteiger partial charge is 0.179 e. The summed E-state index contributed by atoms with van der Waals surface area (Å²) in [7, 11) is 1.80. The minimum Gasteiger partial charge on any atom is -0.377 e. The van der Waals surface area contributed by atoms with Crippen LogP contribution in [0.2, 0.25) is 0 Å². The Morgan fingerprint density at radius 3 is 2.84 bits per heavy atom. The van der Waals surface area contributed by atoms with Gasteiger partial charge in [-0.15, -0.1) is 0 Å². The largest absolute Gasteiger partial charge is 0.377 e. The number of carbonyl (C=O) groups excluding carboxylic acids is 1. The summed E-state index contributed by atoms with van der Waals surface area (Å²) in [5.74, 6) is -1.71. The third kappa shape index (κ3) is 3.16. The van der Waals surface area contributed by atoms with Gasteiger partial charge < -0.3 is 4.74 Å². The average molecular weight is 269 g/mol. The lowest BCUT2D eigenvalue weighted by Crippen LogP contribution is -2.40.